The van der Waals surface area contributed by atoms with Gasteiger partial charge in [-0.05, 0) is 71.6 Å². The number of aromatic nitrogens is 1. The molecular formula is C29H27FN2O5. The van der Waals surface area contributed by atoms with E-state index < -0.39 is 17.7 Å². The highest BCUT2D eigenvalue weighted by Gasteiger charge is 2.14. The van der Waals surface area contributed by atoms with Crippen LogP contribution in [0.5, 0.6) is 17.4 Å². The van der Waals surface area contributed by atoms with Crippen molar-refractivity contribution in [3.8, 4) is 17.4 Å². The Morgan fingerprint density at radius 3 is 2.30 bits per heavy atom. The first-order valence-electron chi connectivity index (χ1n) is 12.0. The summed E-state index contributed by atoms with van der Waals surface area (Å²) in [5.41, 5.74) is 0.291. The van der Waals surface area contributed by atoms with E-state index in [0.29, 0.717) is 17.2 Å². The van der Waals surface area contributed by atoms with E-state index in [0.717, 1.165) is 47.6 Å². The number of carboxylic acids is 1. The standard InChI is InChI=1S/C29H27FN2O5/c1-3-22(4-2)36-23-9-6-20-15-24(10-7-19(20)14-23)37-28-12-5-18(17-31-28)13-27(33)32-26-16-21(30)8-11-25(26)29(34)35/h5-12,14-17,22H,3-4,13H2,1-2H3,(H,32,33)(H,34,35). The lowest BCUT2D eigenvalue weighted by molar-refractivity contribution is -0.115. The summed E-state index contributed by atoms with van der Waals surface area (Å²) >= 11 is 0. The van der Waals surface area contributed by atoms with Crippen molar-refractivity contribution in [1.29, 1.82) is 0 Å². The van der Waals surface area contributed by atoms with Crippen LogP contribution < -0.4 is 14.8 Å². The molecule has 0 saturated carbocycles. The van der Waals surface area contributed by atoms with Crippen molar-refractivity contribution in [3.05, 3.63) is 89.9 Å². The molecule has 4 aromatic rings. The molecule has 0 saturated heterocycles. The predicted molar refractivity (Wildman–Crippen MR) is 139 cm³/mol. The van der Waals surface area contributed by atoms with Gasteiger partial charge in [0.2, 0.25) is 11.8 Å². The second-order valence-electron chi connectivity index (χ2n) is 8.55. The zero-order valence-corrected chi connectivity index (χ0v) is 20.5. The first kappa shape index (κ1) is 25.6. The molecule has 0 aliphatic rings. The number of hydrogen-bond donors (Lipinski definition) is 2. The normalized spacial score (nSPS) is 10.9. The summed E-state index contributed by atoms with van der Waals surface area (Å²) < 4.78 is 25.4. The van der Waals surface area contributed by atoms with Gasteiger partial charge in [-0.25, -0.2) is 14.2 Å². The van der Waals surface area contributed by atoms with Gasteiger partial charge in [0.15, 0.2) is 0 Å². The Bertz CT molecular complexity index is 1420. The molecule has 0 aliphatic carbocycles. The van der Waals surface area contributed by atoms with Gasteiger partial charge in [-0.2, -0.15) is 0 Å². The first-order chi connectivity index (χ1) is 17.8. The maximum absolute atomic E-state index is 13.5. The van der Waals surface area contributed by atoms with Crippen LogP contribution in [-0.4, -0.2) is 28.1 Å². The summed E-state index contributed by atoms with van der Waals surface area (Å²) in [6.45, 7) is 4.22. The summed E-state index contributed by atoms with van der Waals surface area (Å²) in [4.78, 5) is 28.0. The summed E-state index contributed by atoms with van der Waals surface area (Å²) in [7, 11) is 0. The largest absolute Gasteiger partial charge is 0.490 e. The van der Waals surface area contributed by atoms with Crippen LogP contribution in [0.4, 0.5) is 10.1 Å². The number of carbonyl (C=O) groups excluding carboxylic acids is 1. The van der Waals surface area contributed by atoms with Gasteiger partial charge in [-0.1, -0.05) is 32.0 Å². The van der Waals surface area contributed by atoms with Crippen molar-refractivity contribution >= 4 is 28.3 Å². The molecule has 0 unspecified atom stereocenters. The summed E-state index contributed by atoms with van der Waals surface area (Å²) in [5, 5.41) is 13.7. The first-order valence-corrected chi connectivity index (χ1v) is 12.0. The van der Waals surface area contributed by atoms with Crippen molar-refractivity contribution < 1.29 is 28.6 Å². The van der Waals surface area contributed by atoms with E-state index in [-0.39, 0.29) is 23.8 Å². The Morgan fingerprint density at radius 2 is 1.65 bits per heavy atom. The summed E-state index contributed by atoms with van der Waals surface area (Å²) in [6.07, 6.45) is 3.54. The molecule has 4 rings (SSSR count). The smallest absolute Gasteiger partial charge is 0.337 e. The number of fused-ring (bicyclic) bond motifs is 1. The quantitative estimate of drug-likeness (QED) is 0.253. The molecule has 0 aliphatic heterocycles. The third-order valence-electron chi connectivity index (χ3n) is 5.87. The van der Waals surface area contributed by atoms with Gasteiger partial charge in [-0.15, -0.1) is 0 Å². The number of rotatable bonds is 10. The van der Waals surface area contributed by atoms with E-state index in [9.17, 15) is 19.1 Å². The van der Waals surface area contributed by atoms with E-state index in [1.807, 2.05) is 36.4 Å². The van der Waals surface area contributed by atoms with E-state index in [1.165, 1.54) is 6.20 Å². The third-order valence-corrected chi connectivity index (χ3v) is 5.87. The van der Waals surface area contributed by atoms with Crippen LogP contribution in [-0.2, 0) is 11.2 Å². The number of aromatic carboxylic acids is 1. The number of benzene rings is 3. The molecule has 1 heterocycles. The number of carbonyl (C=O) groups is 2. The number of halogens is 1. The highest BCUT2D eigenvalue weighted by atomic mass is 19.1. The van der Waals surface area contributed by atoms with Gasteiger partial charge < -0.3 is 19.9 Å². The molecule has 1 amide bonds. The van der Waals surface area contributed by atoms with Crippen LogP contribution in [0, 0.1) is 5.82 Å². The summed E-state index contributed by atoms with van der Waals surface area (Å²) in [5.74, 6) is -0.588. The molecule has 8 heteroatoms. The topological polar surface area (TPSA) is 97.8 Å². The SMILES string of the molecule is CCC(CC)Oc1ccc2cc(Oc3ccc(CC(=O)Nc4cc(F)ccc4C(=O)O)cn3)ccc2c1. The van der Waals surface area contributed by atoms with E-state index in [1.54, 1.807) is 12.1 Å². The van der Waals surface area contributed by atoms with Crippen molar-refractivity contribution in [1.82, 2.24) is 4.98 Å². The van der Waals surface area contributed by atoms with E-state index >= 15 is 0 Å². The minimum atomic E-state index is -1.26. The fourth-order valence-corrected chi connectivity index (χ4v) is 3.87. The molecule has 3 aromatic carbocycles. The fourth-order valence-electron chi connectivity index (χ4n) is 3.87. The molecule has 0 fully saturated rings. The van der Waals surface area contributed by atoms with Crippen LogP contribution in [0.15, 0.2) is 72.9 Å². The van der Waals surface area contributed by atoms with Crippen LogP contribution >= 0.6 is 0 Å². The lowest BCUT2D eigenvalue weighted by atomic mass is 10.1. The van der Waals surface area contributed by atoms with E-state index in [2.05, 4.69) is 24.1 Å². The summed E-state index contributed by atoms with van der Waals surface area (Å²) in [6, 6.07) is 18.1. The van der Waals surface area contributed by atoms with Crippen LogP contribution in [0.1, 0.15) is 42.6 Å². The van der Waals surface area contributed by atoms with Crippen LogP contribution in [0.3, 0.4) is 0 Å². The third kappa shape index (κ3) is 6.61. The molecule has 1 aromatic heterocycles. The Kier molecular flexibility index (Phi) is 7.98. The Hall–Kier alpha value is -4.46. The average Bonchev–Trinajstić information content (AvgIpc) is 2.88. The molecule has 0 radical (unpaired) electrons. The lowest BCUT2D eigenvalue weighted by Crippen LogP contribution is -2.17. The molecule has 190 valence electrons. The number of pyridine rings is 1. The highest BCUT2D eigenvalue weighted by Crippen LogP contribution is 2.28. The predicted octanol–water partition coefficient (Wildman–Crippen LogP) is 6.61. The van der Waals surface area contributed by atoms with Crippen LogP contribution in [0.25, 0.3) is 10.8 Å². The maximum atomic E-state index is 13.5. The fraction of sp³-hybridized carbons (Fsp3) is 0.207. The molecule has 37 heavy (non-hydrogen) atoms. The van der Waals surface area contributed by atoms with Crippen molar-refractivity contribution in [2.75, 3.05) is 5.32 Å². The second-order valence-corrected chi connectivity index (χ2v) is 8.55. The molecule has 0 spiro atoms. The molecule has 7 nitrogen and oxygen atoms in total. The lowest BCUT2D eigenvalue weighted by Gasteiger charge is -2.16. The molecule has 2 N–H and O–H groups in total. The zero-order chi connectivity index (χ0) is 26.4. The number of ether oxygens (including phenoxy) is 2. The van der Waals surface area contributed by atoms with Crippen LogP contribution in [0.2, 0.25) is 0 Å². The van der Waals surface area contributed by atoms with Gasteiger partial charge in [0.25, 0.3) is 0 Å². The maximum Gasteiger partial charge on any atom is 0.337 e. The van der Waals surface area contributed by atoms with Gasteiger partial charge >= 0.3 is 5.97 Å². The Balaban J connectivity index is 1.39. The minimum absolute atomic E-state index is 0.0693. The molecule has 0 atom stereocenters. The second kappa shape index (κ2) is 11.5. The average molecular weight is 503 g/mol. The number of hydrogen-bond acceptors (Lipinski definition) is 5. The zero-order valence-electron chi connectivity index (χ0n) is 20.5. The van der Waals surface area contributed by atoms with Crippen molar-refractivity contribution in [2.45, 2.75) is 39.2 Å². The molecule has 0 bridgehead atoms. The highest BCUT2D eigenvalue weighted by molar-refractivity contribution is 6.01. The number of nitrogens with zero attached hydrogens (tertiary/aromatic N) is 1. The van der Waals surface area contributed by atoms with Gasteiger partial charge in [0.05, 0.1) is 23.8 Å². The number of nitrogens with one attached hydrogen (secondary N) is 1. The van der Waals surface area contributed by atoms with Gasteiger partial charge in [0.1, 0.15) is 17.3 Å². The monoisotopic (exact) mass is 502 g/mol. The Morgan fingerprint density at radius 1 is 0.946 bits per heavy atom. The van der Waals surface area contributed by atoms with Gasteiger partial charge in [0, 0.05) is 12.3 Å². The van der Waals surface area contributed by atoms with Crippen molar-refractivity contribution in [3.63, 3.8) is 0 Å². The Labute approximate surface area is 213 Å². The van der Waals surface area contributed by atoms with E-state index in [4.69, 9.17) is 9.47 Å². The number of anilines is 1. The minimum Gasteiger partial charge on any atom is -0.490 e. The number of carboxylic acid groups (broad SMARTS) is 1. The molecular weight excluding hydrogens is 475 g/mol. The van der Waals surface area contributed by atoms with Crippen molar-refractivity contribution in [2.24, 2.45) is 0 Å². The number of amides is 1. The van der Waals surface area contributed by atoms with Gasteiger partial charge in [-0.3, -0.25) is 4.79 Å².